The van der Waals surface area contributed by atoms with E-state index in [2.05, 4.69) is 12.2 Å². The van der Waals surface area contributed by atoms with Gasteiger partial charge in [-0.15, -0.1) is 0 Å². The Labute approximate surface area is 96.8 Å². The Morgan fingerprint density at radius 2 is 1.94 bits per heavy atom. The number of amides is 1. The molecule has 0 heterocycles. The van der Waals surface area contributed by atoms with Gasteiger partial charge in [0.2, 0.25) is 0 Å². The molecule has 1 rings (SSSR count). The Hall–Kier alpha value is -1.35. The van der Waals surface area contributed by atoms with E-state index in [0.717, 1.165) is 18.6 Å². The quantitative estimate of drug-likeness (QED) is 0.747. The summed E-state index contributed by atoms with van der Waals surface area (Å²) in [6, 6.07) is 7.53. The van der Waals surface area contributed by atoms with Crippen LogP contribution in [0.15, 0.2) is 24.3 Å². The van der Waals surface area contributed by atoms with Crippen LogP contribution < -0.4 is 5.32 Å². The van der Waals surface area contributed by atoms with Crippen molar-refractivity contribution in [3.8, 4) is 0 Å². The maximum atomic E-state index is 11.6. The van der Waals surface area contributed by atoms with Gasteiger partial charge in [-0.25, -0.2) is 0 Å². The first-order valence-corrected chi connectivity index (χ1v) is 5.66. The summed E-state index contributed by atoms with van der Waals surface area (Å²) in [4.78, 5) is 11.6. The van der Waals surface area contributed by atoms with Crippen LogP contribution in [-0.4, -0.2) is 25.7 Å². The molecule has 1 aromatic rings. The molecule has 3 heteroatoms. The number of benzene rings is 1. The standard InChI is InChI=1S/C13H19NO2/c1-3-9-16-10-8-14-13(15)12-6-4-11(2)5-7-12/h4-7H,3,8-10H2,1-2H3,(H,14,15). The Balaban J connectivity index is 2.27. The van der Waals surface area contributed by atoms with Crippen LogP contribution in [0.3, 0.4) is 0 Å². The van der Waals surface area contributed by atoms with Gasteiger partial charge in [-0.1, -0.05) is 24.6 Å². The molecule has 3 nitrogen and oxygen atoms in total. The summed E-state index contributed by atoms with van der Waals surface area (Å²) >= 11 is 0. The van der Waals surface area contributed by atoms with Gasteiger partial charge < -0.3 is 10.1 Å². The zero-order valence-electron chi connectivity index (χ0n) is 9.95. The number of carbonyl (C=O) groups is 1. The predicted molar refractivity (Wildman–Crippen MR) is 64.6 cm³/mol. The first-order valence-electron chi connectivity index (χ1n) is 5.66. The van der Waals surface area contributed by atoms with Gasteiger partial charge in [0.15, 0.2) is 0 Å². The van der Waals surface area contributed by atoms with Crippen molar-refractivity contribution in [2.45, 2.75) is 20.3 Å². The van der Waals surface area contributed by atoms with E-state index in [9.17, 15) is 4.79 Å². The zero-order chi connectivity index (χ0) is 11.8. The normalized spacial score (nSPS) is 10.1. The van der Waals surface area contributed by atoms with Gasteiger partial charge in [0.1, 0.15) is 0 Å². The molecule has 0 spiro atoms. The second-order valence-electron chi connectivity index (χ2n) is 3.73. The fourth-order valence-electron chi connectivity index (χ4n) is 1.29. The Morgan fingerprint density at radius 1 is 1.25 bits per heavy atom. The minimum atomic E-state index is -0.0416. The molecule has 0 aliphatic heterocycles. The van der Waals surface area contributed by atoms with Crippen molar-refractivity contribution in [2.75, 3.05) is 19.8 Å². The van der Waals surface area contributed by atoms with Gasteiger partial charge in [0.25, 0.3) is 5.91 Å². The second-order valence-corrected chi connectivity index (χ2v) is 3.73. The fraction of sp³-hybridized carbons (Fsp3) is 0.462. The third-order valence-electron chi connectivity index (χ3n) is 2.19. The average molecular weight is 221 g/mol. The SMILES string of the molecule is CCCOCCNC(=O)c1ccc(C)cc1. The molecule has 0 aliphatic carbocycles. The van der Waals surface area contributed by atoms with E-state index < -0.39 is 0 Å². The molecule has 0 fully saturated rings. The van der Waals surface area contributed by atoms with Crippen molar-refractivity contribution in [3.63, 3.8) is 0 Å². The van der Waals surface area contributed by atoms with Crippen molar-refractivity contribution in [1.82, 2.24) is 5.32 Å². The lowest BCUT2D eigenvalue weighted by molar-refractivity contribution is 0.0915. The van der Waals surface area contributed by atoms with Crippen LogP contribution >= 0.6 is 0 Å². The second kappa shape index (κ2) is 7.01. The van der Waals surface area contributed by atoms with E-state index in [0.29, 0.717) is 18.7 Å². The molecule has 0 atom stereocenters. The van der Waals surface area contributed by atoms with Gasteiger partial charge in [0, 0.05) is 18.7 Å². The van der Waals surface area contributed by atoms with Gasteiger partial charge >= 0.3 is 0 Å². The number of carbonyl (C=O) groups excluding carboxylic acids is 1. The van der Waals surface area contributed by atoms with Crippen molar-refractivity contribution in [1.29, 1.82) is 0 Å². The van der Waals surface area contributed by atoms with Crippen LogP contribution in [0.1, 0.15) is 29.3 Å². The molecule has 0 aromatic heterocycles. The summed E-state index contributed by atoms with van der Waals surface area (Å²) in [5.74, 6) is -0.0416. The molecular formula is C13H19NO2. The lowest BCUT2D eigenvalue weighted by Gasteiger charge is -2.05. The lowest BCUT2D eigenvalue weighted by Crippen LogP contribution is -2.27. The van der Waals surface area contributed by atoms with Gasteiger partial charge in [-0.05, 0) is 25.5 Å². The molecule has 0 radical (unpaired) electrons. The average Bonchev–Trinajstić information content (AvgIpc) is 2.29. The number of nitrogens with one attached hydrogen (secondary N) is 1. The Morgan fingerprint density at radius 3 is 2.56 bits per heavy atom. The molecule has 0 saturated carbocycles. The monoisotopic (exact) mass is 221 g/mol. The summed E-state index contributed by atoms with van der Waals surface area (Å²) in [5.41, 5.74) is 1.85. The molecule has 1 amide bonds. The highest BCUT2D eigenvalue weighted by atomic mass is 16.5. The van der Waals surface area contributed by atoms with Crippen molar-refractivity contribution in [2.24, 2.45) is 0 Å². The third kappa shape index (κ3) is 4.45. The highest BCUT2D eigenvalue weighted by molar-refractivity contribution is 5.94. The number of ether oxygens (including phenoxy) is 1. The number of hydrogen-bond acceptors (Lipinski definition) is 2. The van der Waals surface area contributed by atoms with E-state index >= 15 is 0 Å². The van der Waals surface area contributed by atoms with Crippen LogP contribution in [0.25, 0.3) is 0 Å². The number of aryl methyl sites for hydroxylation is 1. The van der Waals surface area contributed by atoms with Crippen LogP contribution in [-0.2, 0) is 4.74 Å². The molecule has 0 bridgehead atoms. The number of rotatable bonds is 6. The van der Waals surface area contributed by atoms with Crippen LogP contribution in [0, 0.1) is 6.92 Å². The highest BCUT2D eigenvalue weighted by Gasteiger charge is 2.03. The van der Waals surface area contributed by atoms with E-state index in [1.165, 1.54) is 0 Å². The first-order chi connectivity index (χ1) is 7.74. The topological polar surface area (TPSA) is 38.3 Å². The van der Waals surface area contributed by atoms with Crippen LogP contribution in [0.4, 0.5) is 0 Å². The predicted octanol–water partition coefficient (Wildman–Crippen LogP) is 2.15. The molecule has 0 unspecified atom stereocenters. The van der Waals surface area contributed by atoms with Gasteiger partial charge in [-0.3, -0.25) is 4.79 Å². The van der Waals surface area contributed by atoms with Crippen LogP contribution in [0.2, 0.25) is 0 Å². The third-order valence-corrected chi connectivity index (χ3v) is 2.19. The summed E-state index contributed by atoms with van der Waals surface area (Å²) in [6.07, 6.45) is 1.01. The van der Waals surface area contributed by atoms with Crippen molar-refractivity contribution >= 4 is 5.91 Å². The summed E-state index contributed by atoms with van der Waals surface area (Å²) < 4.78 is 5.27. The summed E-state index contributed by atoms with van der Waals surface area (Å²) in [7, 11) is 0. The highest BCUT2D eigenvalue weighted by Crippen LogP contribution is 2.02. The van der Waals surface area contributed by atoms with E-state index in [1.54, 1.807) is 0 Å². The molecule has 1 N–H and O–H groups in total. The maximum absolute atomic E-state index is 11.6. The van der Waals surface area contributed by atoms with E-state index in [-0.39, 0.29) is 5.91 Å². The largest absolute Gasteiger partial charge is 0.380 e. The smallest absolute Gasteiger partial charge is 0.251 e. The molecule has 0 saturated heterocycles. The zero-order valence-corrected chi connectivity index (χ0v) is 9.95. The minimum Gasteiger partial charge on any atom is -0.380 e. The van der Waals surface area contributed by atoms with Crippen molar-refractivity contribution in [3.05, 3.63) is 35.4 Å². The summed E-state index contributed by atoms with van der Waals surface area (Å²) in [6.45, 7) is 5.95. The summed E-state index contributed by atoms with van der Waals surface area (Å²) in [5, 5.41) is 2.81. The fourth-order valence-corrected chi connectivity index (χ4v) is 1.29. The maximum Gasteiger partial charge on any atom is 0.251 e. The molecule has 16 heavy (non-hydrogen) atoms. The van der Waals surface area contributed by atoms with Crippen LogP contribution in [0.5, 0.6) is 0 Å². The molecule has 88 valence electrons. The van der Waals surface area contributed by atoms with E-state index in [4.69, 9.17) is 4.74 Å². The molecule has 0 aliphatic rings. The van der Waals surface area contributed by atoms with Gasteiger partial charge in [0.05, 0.1) is 6.61 Å². The van der Waals surface area contributed by atoms with Gasteiger partial charge in [-0.2, -0.15) is 0 Å². The van der Waals surface area contributed by atoms with E-state index in [1.807, 2.05) is 31.2 Å². The molecular weight excluding hydrogens is 202 g/mol. The Bertz CT molecular complexity index is 319. The molecule has 1 aromatic carbocycles. The van der Waals surface area contributed by atoms with Crippen molar-refractivity contribution < 1.29 is 9.53 Å². The Kier molecular flexibility index (Phi) is 5.57. The lowest BCUT2D eigenvalue weighted by atomic mass is 10.1. The minimum absolute atomic E-state index is 0.0416. The number of hydrogen-bond donors (Lipinski definition) is 1. The first kappa shape index (κ1) is 12.7.